The Kier molecular flexibility index (Phi) is 3.05. The molecule has 0 unspecified atom stereocenters. The van der Waals surface area contributed by atoms with Crippen LogP contribution >= 0.6 is 35.4 Å². The molecule has 0 spiro atoms. The van der Waals surface area contributed by atoms with E-state index in [0.717, 1.165) is 5.56 Å². The summed E-state index contributed by atoms with van der Waals surface area (Å²) in [5.41, 5.74) is 0.746. The Labute approximate surface area is 102 Å². The first kappa shape index (κ1) is 10.6. The zero-order valence-corrected chi connectivity index (χ0v) is 9.83. The van der Waals surface area contributed by atoms with Gasteiger partial charge in [-0.15, -0.1) is 0 Å². The molecule has 0 fully saturated rings. The van der Waals surface area contributed by atoms with Crippen LogP contribution in [-0.2, 0) is 0 Å². The molecule has 0 aliphatic carbocycles. The Balaban J connectivity index is 2.64. The molecule has 5 heteroatoms. The first-order chi connectivity index (χ1) is 7.18. The van der Waals surface area contributed by atoms with E-state index >= 15 is 0 Å². The second kappa shape index (κ2) is 4.31. The summed E-state index contributed by atoms with van der Waals surface area (Å²) in [7, 11) is 0. The molecule has 0 aliphatic heterocycles. The molecule has 0 amide bonds. The van der Waals surface area contributed by atoms with Crippen LogP contribution in [-0.4, -0.2) is 9.97 Å². The van der Waals surface area contributed by atoms with E-state index in [0.29, 0.717) is 20.5 Å². The maximum Gasteiger partial charge on any atom is 0.139 e. The summed E-state index contributed by atoms with van der Waals surface area (Å²) in [6, 6.07) is 7.08. The van der Waals surface area contributed by atoms with Crippen LogP contribution in [0.4, 0.5) is 0 Å². The minimum atomic E-state index is 0.475. The van der Waals surface area contributed by atoms with E-state index < -0.39 is 0 Å². The molecule has 1 aromatic carbocycles. The molecule has 2 aromatic rings. The molecule has 1 heterocycles. The number of aromatic amines is 1. The topological polar surface area (TPSA) is 28.7 Å². The van der Waals surface area contributed by atoms with Gasteiger partial charge in [0.05, 0.1) is 10.0 Å². The van der Waals surface area contributed by atoms with Crippen molar-refractivity contribution in [1.82, 2.24) is 9.97 Å². The van der Waals surface area contributed by atoms with Crippen LogP contribution in [0.3, 0.4) is 0 Å². The Morgan fingerprint density at radius 3 is 2.73 bits per heavy atom. The summed E-state index contributed by atoms with van der Waals surface area (Å²) in [6.45, 7) is 0. The lowest BCUT2D eigenvalue weighted by Crippen LogP contribution is -1.89. The van der Waals surface area contributed by atoms with Gasteiger partial charge in [-0.25, -0.2) is 4.98 Å². The average Bonchev–Trinajstić information content (AvgIpc) is 2.22. The van der Waals surface area contributed by atoms with Crippen molar-refractivity contribution in [2.45, 2.75) is 0 Å². The van der Waals surface area contributed by atoms with Gasteiger partial charge in [0.25, 0.3) is 0 Å². The summed E-state index contributed by atoms with van der Waals surface area (Å²) in [5.74, 6) is 0.620. The van der Waals surface area contributed by atoms with E-state index in [9.17, 15) is 0 Å². The maximum atomic E-state index is 6.05. The quantitative estimate of drug-likeness (QED) is 0.778. The maximum absolute atomic E-state index is 6.05. The number of H-pyrrole nitrogens is 1. The number of rotatable bonds is 1. The highest BCUT2D eigenvalue weighted by Crippen LogP contribution is 2.31. The number of nitrogens with zero attached hydrogens (tertiary/aromatic N) is 1. The van der Waals surface area contributed by atoms with Gasteiger partial charge in [-0.1, -0.05) is 41.5 Å². The number of aromatic nitrogens is 2. The standard InChI is InChI=1S/C10H6Cl2N2S/c11-7-3-1-2-6(9(7)12)10-13-5-4-8(15)14-10/h1-5H,(H,13,14,15). The molecule has 15 heavy (non-hydrogen) atoms. The number of nitrogens with one attached hydrogen (secondary N) is 1. The number of halogens is 2. The Morgan fingerprint density at radius 2 is 2.00 bits per heavy atom. The number of hydrogen-bond donors (Lipinski definition) is 1. The molecule has 0 saturated carbocycles. The molecule has 0 radical (unpaired) electrons. The zero-order chi connectivity index (χ0) is 10.8. The predicted molar refractivity (Wildman–Crippen MR) is 64.9 cm³/mol. The summed E-state index contributed by atoms with van der Waals surface area (Å²) in [4.78, 5) is 7.10. The molecular weight excluding hydrogens is 251 g/mol. The fourth-order valence-electron chi connectivity index (χ4n) is 1.19. The number of hydrogen-bond acceptors (Lipinski definition) is 2. The largest absolute Gasteiger partial charge is 0.331 e. The molecule has 0 aliphatic rings. The van der Waals surface area contributed by atoms with Gasteiger partial charge in [0.1, 0.15) is 10.5 Å². The van der Waals surface area contributed by atoms with Crippen LogP contribution in [0.5, 0.6) is 0 Å². The van der Waals surface area contributed by atoms with E-state index in [1.807, 2.05) is 12.1 Å². The van der Waals surface area contributed by atoms with Crippen LogP contribution in [0.15, 0.2) is 30.5 Å². The van der Waals surface area contributed by atoms with E-state index in [-0.39, 0.29) is 0 Å². The second-order valence-corrected chi connectivity index (χ2v) is 4.11. The highest BCUT2D eigenvalue weighted by molar-refractivity contribution is 7.71. The first-order valence-corrected chi connectivity index (χ1v) is 5.34. The molecule has 0 bridgehead atoms. The van der Waals surface area contributed by atoms with Gasteiger partial charge < -0.3 is 4.98 Å². The third kappa shape index (κ3) is 2.20. The first-order valence-electron chi connectivity index (χ1n) is 4.18. The predicted octanol–water partition coefficient (Wildman–Crippen LogP) is 4.11. The third-order valence-corrected chi connectivity index (χ3v) is 2.93. The van der Waals surface area contributed by atoms with E-state index in [4.69, 9.17) is 35.4 Å². The summed E-state index contributed by atoms with van der Waals surface area (Å²) >= 11 is 17.0. The van der Waals surface area contributed by atoms with E-state index in [2.05, 4.69) is 9.97 Å². The molecule has 76 valence electrons. The van der Waals surface area contributed by atoms with Crippen LogP contribution in [0.1, 0.15) is 0 Å². The third-order valence-electron chi connectivity index (χ3n) is 1.88. The highest BCUT2D eigenvalue weighted by Gasteiger charge is 2.07. The minimum Gasteiger partial charge on any atom is -0.331 e. The molecule has 2 nitrogen and oxygen atoms in total. The van der Waals surface area contributed by atoms with Crippen molar-refractivity contribution in [3.63, 3.8) is 0 Å². The van der Waals surface area contributed by atoms with Crippen molar-refractivity contribution >= 4 is 35.4 Å². The molecule has 1 N–H and O–H groups in total. The normalized spacial score (nSPS) is 10.3. The summed E-state index contributed by atoms with van der Waals surface area (Å²) in [6.07, 6.45) is 1.63. The van der Waals surface area contributed by atoms with Gasteiger partial charge in [-0.05, 0) is 18.2 Å². The lowest BCUT2D eigenvalue weighted by molar-refractivity contribution is 1.16. The van der Waals surface area contributed by atoms with Crippen LogP contribution in [0.2, 0.25) is 10.0 Å². The SMILES string of the molecule is S=c1ccnc(-c2cccc(Cl)c2Cl)[nH]1. The van der Waals surface area contributed by atoms with Gasteiger partial charge in [-0.2, -0.15) is 0 Å². The van der Waals surface area contributed by atoms with Crippen molar-refractivity contribution in [3.8, 4) is 11.4 Å². The average molecular weight is 257 g/mol. The molecule has 0 saturated heterocycles. The Morgan fingerprint density at radius 1 is 1.20 bits per heavy atom. The minimum absolute atomic E-state index is 0.475. The van der Waals surface area contributed by atoms with E-state index in [1.54, 1.807) is 18.3 Å². The zero-order valence-electron chi connectivity index (χ0n) is 7.50. The highest BCUT2D eigenvalue weighted by atomic mass is 35.5. The van der Waals surface area contributed by atoms with Crippen molar-refractivity contribution in [1.29, 1.82) is 0 Å². The smallest absolute Gasteiger partial charge is 0.139 e. The lowest BCUT2D eigenvalue weighted by Gasteiger charge is -2.04. The molecule has 2 rings (SSSR count). The van der Waals surface area contributed by atoms with Crippen molar-refractivity contribution < 1.29 is 0 Å². The van der Waals surface area contributed by atoms with Crippen LogP contribution in [0, 0.1) is 4.64 Å². The molecule has 1 aromatic heterocycles. The fourth-order valence-corrected chi connectivity index (χ4v) is 1.74. The summed E-state index contributed by atoms with van der Waals surface area (Å²) in [5, 5.41) is 0.975. The van der Waals surface area contributed by atoms with E-state index in [1.165, 1.54) is 0 Å². The second-order valence-electron chi connectivity index (χ2n) is 2.88. The van der Waals surface area contributed by atoms with Gasteiger partial charge in [0.15, 0.2) is 0 Å². The Hall–Kier alpha value is -0.900. The lowest BCUT2D eigenvalue weighted by atomic mass is 10.2. The van der Waals surface area contributed by atoms with Crippen molar-refractivity contribution in [2.75, 3.05) is 0 Å². The van der Waals surface area contributed by atoms with Gasteiger partial charge in [-0.3, -0.25) is 0 Å². The van der Waals surface area contributed by atoms with Gasteiger partial charge in [0, 0.05) is 11.8 Å². The number of benzene rings is 1. The van der Waals surface area contributed by atoms with Crippen LogP contribution in [0.25, 0.3) is 11.4 Å². The van der Waals surface area contributed by atoms with Gasteiger partial charge >= 0.3 is 0 Å². The fraction of sp³-hybridized carbons (Fsp3) is 0. The van der Waals surface area contributed by atoms with Gasteiger partial charge in [0.2, 0.25) is 0 Å². The molecular formula is C10H6Cl2N2S. The summed E-state index contributed by atoms with van der Waals surface area (Å²) < 4.78 is 0.607. The van der Waals surface area contributed by atoms with Crippen molar-refractivity contribution in [2.24, 2.45) is 0 Å². The molecule has 0 atom stereocenters. The monoisotopic (exact) mass is 256 g/mol. The Bertz CT molecular complexity index is 551. The van der Waals surface area contributed by atoms with Crippen molar-refractivity contribution in [3.05, 3.63) is 45.1 Å². The van der Waals surface area contributed by atoms with Crippen LogP contribution < -0.4 is 0 Å².